The lowest BCUT2D eigenvalue weighted by Gasteiger charge is -2.04. The zero-order chi connectivity index (χ0) is 24.1. The number of benzene rings is 2. The van der Waals surface area contributed by atoms with Crippen molar-refractivity contribution in [2.24, 2.45) is 0 Å². The predicted octanol–water partition coefficient (Wildman–Crippen LogP) is 2.66. The molecule has 10 nitrogen and oxygen atoms in total. The largest absolute Gasteiger partial charge is 0.452 e. The van der Waals surface area contributed by atoms with Gasteiger partial charge in [-0.3, -0.25) is 19.9 Å². The topological polar surface area (TPSA) is 158 Å². The third-order valence-electron chi connectivity index (χ3n) is 4.75. The fourth-order valence-electron chi connectivity index (χ4n) is 3.23. The molecule has 34 heavy (non-hydrogen) atoms. The first-order valence-corrected chi connectivity index (χ1v) is 9.94. The number of anilines is 1. The lowest BCUT2D eigenvalue weighted by molar-refractivity contribution is -0.119. The summed E-state index contributed by atoms with van der Waals surface area (Å²) in [6.45, 7) is -0.760. The molecule has 0 radical (unpaired) electrons. The molecule has 0 fully saturated rings. The monoisotopic (exact) mass is 456 g/mol. The molecule has 4 rings (SSSR count). The Balaban J connectivity index is 1.60. The number of aromatic amines is 2. The Labute approximate surface area is 191 Å². The average Bonchev–Trinajstić information content (AvgIpc) is 3.21. The van der Waals surface area contributed by atoms with Crippen molar-refractivity contribution in [3.63, 3.8) is 0 Å². The number of nitriles is 1. The van der Waals surface area contributed by atoms with Gasteiger partial charge in [0.1, 0.15) is 23.0 Å². The molecule has 2 heterocycles. The van der Waals surface area contributed by atoms with E-state index < -0.39 is 35.3 Å². The van der Waals surface area contributed by atoms with Crippen molar-refractivity contribution in [1.29, 1.82) is 5.26 Å². The molecule has 4 aromatic rings. The van der Waals surface area contributed by atoms with Crippen LogP contribution in [-0.4, -0.2) is 28.5 Å². The van der Waals surface area contributed by atoms with Gasteiger partial charge in [0.25, 0.3) is 11.5 Å². The summed E-state index contributed by atoms with van der Waals surface area (Å²) in [4.78, 5) is 51.3. The molecule has 0 atom stereocenters. The normalized spacial score (nSPS) is 10.3. The summed E-state index contributed by atoms with van der Waals surface area (Å²) >= 11 is 0. The van der Waals surface area contributed by atoms with Gasteiger partial charge >= 0.3 is 11.7 Å². The van der Waals surface area contributed by atoms with Crippen LogP contribution in [0.5, 0.6) is 0 Å². The van der Waals surface area contributed by atoms with Crippen LogP contribution in [-0.2, 0) is 9.53 Å². The van der Waals surface area contributed by atoms with E-state index in [1.165, 1.54) is 0 Å². The van der Waals surface area contributed by atoms with Crippen molar-refractivity contribution in [1.82, 2.24) is 9.97 Å². The zero-order valence-corrected chi connectivity index (χ0v) is 17.5. The fourth-order valence-corrected chi connectivity index (χ4v) is 3.23. The van der Waals surface area contributed by atoms with E-state index >= 15 is 0 Å². The lowest BCUT2D eigenvalue weighted by atomic mass is 9.98. The van der Waals surface area contributed by atoms with E-state index in [-0.39, 0.29) is 11.4 Å². The van der Waals surface area contributed by atoms with Gasteiger partial charge in [0.2, 0.25) is 5.88 Å². The number of rotatable bonds is 6. The number of hydrogen-bond donors (Lipinski definition) is 3. The molecule has 0 saturated carbocycles. The Hall–Kier alpha value is -5.17. The van der Waals surface area contributed by atoms with Gasteiger partial charge in [-0.05, 0) is 5.56 Å². The van der Waals surface area contributed by atoms with Gasteiger partial charge in [0.05, 0.1) is 0 Å². The molecule has 1 amide bonds. The molecule has 10 heteroatoms. The number of H-pyrrole nitrogens is 2. The summed E-state index contributed by atoms with van der Waals surface area (Å²) in [5.74, 6) is -1.63. The summed E-state index contributed by atoms with van der Waals surface area (Å²) in [5.41, 5.74) is -0.200. The highest BCUT2D eigenvalue weighted by Gasteiger charge is 2.24. The number of nitrogens with zero attached hydrogens (tertiary/aromatic N) is 1. The highest BCUT2D eigenvalue weighted by Crippen LogP contribution is 2.41. The van der Waals surface area contributed by atoms with Crippen molar-refractivity contribution >= 4 is 17.8 Å². The number of furan rings is 1. The van der Waals surface area contributed by atoms with Crippen LogP contribution in [0.15, 0.2) is 80.9 Å². The summed E-state index contributed by atoms with van der Waals surface area (Å²) < 4.78 is 10.7. The molecule has 0 unspecified atom stereocenters. The van der Waals surface area contributed by atoms with Crippen molar-refractivity contribution in [3.05, 3.63) is 98.8 Å². The highest BCUT2D eigenvalue weighted by atomic mass is 16.5. The third-order valence-corrected chi connectivity index (χ3v) is 4.75. The van der Waals surface area contributed by atoms with Crippen LogP contribution in [0, 0.1) is 11.3 Å². The van der Waals surface area contributed by atoms with E-state index in [4.69, 9.17) is 9.15 Å². The molecule has 0 spiro atoms. The Morgan fingerprint density at radius 1 is 1.00 bits per heavy atom. The highest BCUT2D eigenvalue weighted by molar-refractivity contribution is 5.97. The minimum atomic E-state index is -1.11. The van der Waals surface area contributed by atoms with Crippen LogP contribution < -0.4 is 16.6 Å². The Morgan fingerprint density at radius 3 is 2.26 bits per heavy atom. The van der Waals surface area contributed by atoms with E-state index in [0.717, 1.165) is 6.20 Å². The number of carbonyl (C=O) groups excluding carboxylic acids is 2. The van der Waals surface area contributed by atoms with E-state index in [0.29, 0.717) is 22.5 Å². The summed E-state index contributed by atoms with van der Waals surface area (Å²) in [7, 11) is 0. The molecule has 168 valence electrons. The molecule has 0 aliphatic rings. The van der Waals surface area contributed by atoms with Crippen LogP contribution in [0.3, 0.4) is 0 Å². The molecular formula is C24H16N4O6. The van der Waals surface area contributed by atoms with Gasteiger partial charge in [0, 0.05) is 17.3 Å². The summed E-state index contributed by atoms with van der Waals surface area (Å²) in [6.07, 6.45) is 0.889. The maximum absolute atomic E-state index is 12.4. The lowest BCUT2D eigenvalue weighted by Crippen LogP contribution is -2.29. The quantitative estimate of drug-likeness (QED) is 0.376. The molecule has 0 aliphatic heterocycles. The smallest absolute Gasteiger partial charge is 0.345 e. The first-order valence-electron chi connectivity index (χ1n) is 9.94. The summed E-state index contributed by atoms with van der Waals surface area (Å²) in [5, 5.41) is 12.3. The molecule has 0 saturated heterocycles. The van der Waals surface area contributed by atoms with Crippen LogP contribution in [0.4, 0.5) is 5.88 Å². The second-order valence-electron chi connectivity index (χ2n) is 6.96. The third kappa shape index (κ3) is 4.53. The molecule has 2 aromatic heterocycles. The Morgan fingerprint density at radius 2 is 1.65 bits per heavy atom. The van der Waals surface area contributed by atoms with E-state index in [1.807, 2.05) is 65.6 Å². The van der Waals surface area contributed by atoms with Gasteiger partial charge in [-0.15, -0.1) is 0 Å². The first kappa shape index (κ1) is 22.0. The predicted molar refractivity (Wildman–Crippen MR) is 121 cm³/mol. The minimum Gasteiger partial charge on any atom is -0.452 e. The number of amides is 1. The molecule has 3 N–H and O–H groups in total. The van der Waals surface area contributed by atoms with E-state index in [1.54, 1.807) is 0 Å². The minimum absolute atomic E-state index is 0.0989. The van der Waals surface area contributed by atoms with Crippen LogP contribution in [0.25, 0.3) is 22.5 Å². The number of aromatic nitrogens is 2. The van der Waals surface area contributed by atoms with Gasteiger partial charge in [-0.1, -0.05) is 60.7 Å². The van der Waals surface area contributed by atoms with Crippen LogP contribution in [0.2, 0.25) is 0 Å². The number of carbonyl (C=O) groups is 2. The Kier molecular flexibility index (Phi) is 6.18. The van der Waals surface area contributed by atoms with Crippen LogP contribution in [0.1, 0.15) is 15.9 Å². The number of nitrogens with one attached hydrogen (secondary N) is 3. The zero-order valence-electron chi connectivity index (χ0n) is 17.5. The SMILES string of the molecule is N#Cc1c(NC(=O)COC(=O)c2c[nH]c(=O)[nH]c2=O)oc(-c2ccccc2)c1-c1ccccc1. The first-order chi connectivity index (χ1) is 16.5. The number of ether oxygens (including phenoxy) is 1. The van der Waals surface area contributed by atoms with Crippen molar-refractivity contribution in [2.75, 3.05) is 11.9 Å². The van der Waals surface area contributed by atoms with E-state index in [2.05, 4.69) is 16.4 Å². The van der Waals surface area contributed by atoms with Crippen molar-refractivity contribution in [2.45, 2.75) is 0 Å². The van der Waals surface area contributed by atoms with Gasteiger partial charge in [0.15, 0.2) is 6.61 Å². The second-order valence-corrected chi connectivity index (χ2v) is 6.96. The molecule has 0 bridgehead atoms. The average molecular weight is 456 g/mol. The Bertz CT molecular complexity index is 1510. The standard InChI is InChI=1S/C24H16N4O6/c25-11-16-19(14-7-3-1-4-8-14)20(15-9-5-2-6-10-15)34-22(16)27-18(29)13-33-23(31)17-12-26-24(32)28-21(17)30/h1-10,12H,13H2,(H,27,29)(H2,26,28,30,32). The fraction of sp³-hybridized carbons (Fsp3) is 0.0417. The van der Waals surface area contributed by atoms with Crippen LogP contribution >= 0.6 is 0 Å². The molecular weight excluding hydrogens is 440 g/mol. The molecule has 2 aromatic carbocycles. The van der Waals surface area contributed by atoms with Gasteiger partial charge < -0.3 is 14.1 Å². The second kappa shape index (κ2) is 9.54. The number of esters is 1. The van der Waals surface area contributed by atoms with Crippen molar-refractivity contribution in [3.8, 4) is 28.5 Å². The summed E-state index contributed by atoms with van der Waals surface area (Å²) in [6, 6.07) is 20.2. The van der Waals surface area contributed by atoms with Gasteiger partial charge in [-0.2, -0.15) is 5.26 Å². The maximum Gasteiger partial charge on any atom is 0.345 e. The van der Waals surface area contributed by atoms with Gasteiger partial charge in [-0.25, -0.2) is 9.59 Å². The maximum atomic E-state index is 12.4. The van der Waals surface area contributed by atoms with Crippen molar-refractivity contribution < 1.29 is 18.7 Å². The molecule has 0 aliphatic carbocycles. The number of hydrogen-bond acceptors (Lipinski definition) is 7. The van der Waals surface area contributed by atoms with E-state index in [9.17, 15) is 24.4 Å².